The smallest absolute Gasteiger partial charge is 0.368 e. The summed E-state index contributed by atoms with van der Waals surface area (Å²) in [7, 11) is 0. The third kappa shape index (κ3) is 2.81. The Hall–Kier alpha value is -2.00. The number of nitrogens with two attached hydrogens (primary N) is 1. The van der Waals surface area contributed by atoms with Crippen LogP contribution in [0.3, 0.4) is 0 Å². The number of nitrogens with zero attached hydrogens (tertiary/aromatic N) is 3. The lowest BCUT2D eigenvalue weighted by Gasteiger charge is -2.36. The number of alkyl halides is 3. The van der Waals surface area contributed by atoms with Crippen LogP contribution in [0.4, 0.5) is 13.2 Å². The molecule has 1 aromatic carbocycles. The third-order valence-electron chi connectivity index (χ3n) is 4.45. The number of fused-ring (bicyclic) bond motifs is 3. The summed E-state index contributed by atoms with van der Waals surface area (Å²) in [5, 5.41) is 3.03. The van der Waals surface area contributed by atoms with Gasteiger partial charge in [-0.3, -0.25) is 0 Å². The van der Waals surface area contributed by atoms with Crippen LogP contribution >= 0.6 is 11.8 Å². The van der Waals surface area contributed by atoms with Crippen LogP contribution in [0.5, 0.6) is 0 Å². The number of nitrogens with one attached hydrogen (secondary N) is 1. The van der Waals surface area contributed by atoms with Gasteiger partial charge in [-0.2, -0.15) is 18.2 Å². The van der Waals surface area contributed by atoms with Gasteiger partial charge in [-0.1, -0.05) is 12.6 Å². The van der Waals surface area contributed by atoms with E-state index in [9.17, 15) is 13.2 Å². The van der Waals surface area contributed by atoms with Crippen molar-refractivity contribution in [1.82, 2.24) is 10.2 Å². The first-order chi connectivity index (χ1) is 11.8. The Morgan fingerprint density at radius 3 is 2.88 bits per heavy atom. The molecular weight excluding hydrogens is 351 g/mol. The first kappa shape index (κ1) is 16.5. The molecule has 1 fully saturated rings. The van der Waals surface area contributed by atoms with E-state index in [2.05, 4.69) is 21.9 Å². The van der Waals surface area contributed by atoms with Gasteiger partial charge in [0.25, 0.3) is 0 Å². The second kappa shape index (κ2) is 5.77. The van der Waals surface area contributed by atoms with Gasteiger partial charge in [-0.15, -0.1) is 11.8 Å². The third-order valence-corrected chi connectivity index (χ3v) is 5.78. The number of amidine groups is 1. The van der Waals surface area contributed by atoms with Crippen molar-refractivity contribution in [3.8, 4) is 0 Å². The van der Waals surface area contributed by atoms with Crippen molar-refractivity contribution in [3.63, 3.8) is 0 Å². The number of aliphatic imine (C=N–C) groups is 2. The van der Waals surface area contributed by atoms with Gasteiger partial charge in [-0.05, 0) is 17.7 Å². The highest BCUT2D eigenvalue weighted by Crippen LogP contribution is 2.50. The number of hydrogen-bond acceptors (Lipinski definition) is 6. The highest BCUT2D eigenvalue weighted by Gasteiger charge is 2.43. The minimum atomic E-state index is -4.37. The van der Waals surface area contributed by atoms with E-state index in [1.165, 1.54) is 23.9 Å². The topological polar surface area (TPSA) is 66.0 Å². The molecule has 0 radical (unpaired) electrons. The molecule has 0 bridgehead atoms. The molecule has 3 aliphatic rings. The zero-order valence-corrected chi connectivity index (χ0v) is 14.0. The van der Waals surface area contributed by atoms with Gasteiger partial charge in [0.1, 0.15) is 5.84 Å². The Kier molecular flexibility index (Phi) is 3.80. The van der Waals surface area contributed by atoms with Gasteiger partial charge in [0.05, 0.1) is 16.9 Å². The molecule has 0 aromatic heterocycles. The van der Waals surface area contributed by atoms with Crippen molar-refractivity contribution in [2.75, 3.05) is 19.6 Å². The monoisotopic (exact) mass is 367 g/mol. The van der Waals surface area contributed by atoms with E-state index in [-0.39, 0.29) is 17.3 Å². The van der Waals surface area contributed by atoms with E-state index in [0.29, 0.717) is 18.0 Å². The molecule has 9 heteroatoms. The lowest BCUT2D eigenvalue weighted by molar-refractivity contribution is -0.137. The Morgan fingerprint density at radius 1 is 1.36 bits per heavy atom. The largest absolute Gasteiger partial charge is 0.416 e. The number of rotatable bonds is 0. The highest BCUT2D eigenvalue weighted by atomic mass is 32.2. The minimum absolute atomic E-state index is 0.149. The van der Waals surface area contributed by atoms with Crippen molar-refractivity contribution in [2.24, 2.45) is 15.7 Å². The molecule has 0 amide bonds. The fourth-order valence-electron chi connectivity index (χ4n) is 3.27. The molecule has 1 saturated heterocycles. The summed E-state index contributed by atoms with van der Waals surface area (Å²) in [4.78, 5) is 11.4. The van der Waals surface area contributed by atoms with Crippen LogP contribution in [-0.2, 0) is 6.18 Å². The summed E-state index contributed by atoms with van der Waals surface area (Å²) in [6, 6.07) is 3.47. The highest BCUT2D eigenvalue weighted by molar-refractivity contribution is 8.01. The van der Waals surface area contributed by atoms with Gasteiger partial charge >= 0.3 is 6.18 Å². The van der Waals surface area contributed by atoms with E-state index < -0.39 is 11.7 Å². The van der Waals surface area contributed by atoms with Gasteiger partial charge in [0, 0.05) is 30.2 Å². The molecule has 2 unspecified atom stereocenters. The first-order valence-corrected chi connectivity index (χ1v) is 8.68. The molecule has 3 aliphatic heterocycles. The fourth-order valence-corrected chi connectivity index (χ4v) is 4.69. The standard InChI is InChI=1S/C16H16F3N5S/c1-8-7-21-4-5-24(8)14-13-12(22-15(20)23-14)10-3-2-9(16(17,18)19)6-11(10)25-13/h2-3,6,12-13,21H,1,4-5,7H2,(H2,20,22). The second-order valence-electron chi connectivity index (χ2n) is 6.09. The van der Waals surface area contributed by atoms with Crippen LogP contribution in [-0.4, -0.2) is 41.6 Å². The maximum Gasteiger partial charge on any atom is 0.416 e. The molecular formula is C16H16F3N5S. The summed E-state index contributed by atoms with van der Waals surface area (Å²) in [6.45, 7) is 6.17. The molecule has 3 heterocycles. The molecule has 0 aliphatic carbocycles. The van der Waals surface area contributed by atoms with Crippen LogP contribution in [0.15, 0.2) is 45.4 Å². The van der Waals surface area contributed by atoms with Crippen LogP contribution in [0.1, 0.15) is 17.2 Å². The number of halogens is 3. The van der Waals surface area contributed by atoms with E-state index in [0.717, 1.165) is 29.7 Å². The Bertz CT molecular complexity index is 801. The van der Waals surface area contributed by atoms with E-state index >= 15 is 0 Å². The SMILES string of the molecule is C=C1CNCCN1C1=NC(N)=NC2c3ccc(C(F)(F)F)cc3SC12. The molecule has 5 nitrogen and oxygen atoms in total. The molecule has 0 spiro atoms. The minimum Gasteiger partial charge on any atom is -0.368 e. The van der Waals surface area contributed by atoms with Crippen LogP contribution in [0.25, 0.3) is 0 Å². The van der Waals surface area contributed by atoms with E-state index in [1.807, 2.05) is 4.90 Å². The van der Waals surface area contributed by atoms with Gasteiger partial charge in [0.2, 0.25) is 5.96 Å². The summed E-state index contributed by atoms with van der Waals surface area (Å²) < 4.78 is 39.0. The number of thioether (sulfide) groups is 1. The molecule has 0 saturated carbocycles. The molecule has 1 aromatic rings. The summed E-state index contributed by atoms with van der Waals surface area (Å²) in [6.07, 6.45) is -4.37. The molecule has 4 rings (SSSR count). The first-order valence-electron chi connectivity index (χ1n) is 7.80. The van der Waals surface area contributed by atoms with Crippen molar-refractivity contribution < 1.29 is 13.2 Å². The predicted molar refractivity (Wildman–Crippen MR) is 91.6 cm³/mol. The molecule has 3 N–H and O–H groups in total. The Labute approximate surface area is 146 Å². The average Bonchev–Trinajstić information content (AvgIpc) is 2.91. The Morgan fingerprint density at radius 2 is 2.16 bits per heavy atom. The maximum absolute atomic E-state index is 13.0. The van der Waals surface area contributed by atoms with Crippen molar-refractivity contribution in [3.05, 3.63) is 41.6 Å². The van der Waals surface area contributed by atoms with Crippen LogP contribution < -0.4 is 11.1 Å². The maximum atomic E-state index is 13.0. The Balaban J connectivity index is 1.71. The number of guanidine groups is 1. The number of benzene rings is 1. The van der Waals surface area contributed by atoms with Crippen molar-refractivity contribution in [1.29, 1.82) is 0 Å². The summed E-state index contributed by atoms with van der Waals surface area (Å²) in [5.74, 6) is 0.870. The summed E-state index contributed by atoms with van der Waals surface area (Å²) >= 11 is 1.36. The van der Waals surface area contributed by atoms with Crippen molar-refractivity contribution in [2.45, 2.75) is 22.4 Å². The zero-order valence-electron chi connectivity index (χ0n) is 13.2. The quantitative estimate of drug-likeness (QED) is 0.739. The molecule has 25 heavy (non-hydrogen) atoms. The average molecular weight is 367 g/mol. The fraction of sp³-hybridized carbons (Fsp3) is 0.375. The van der Waals surface area contributed by atoms with E-state index in [4.69, 9.17) is 5.73 Å². The second-order valence-corrected chi connectivity index (χ2v) is 7.27. The normalized spacial score (nSPS) is 26.0. The van der Waals surface area contributed by atoms with Gasteiger partial charge in [-0.25, -0.2) is 4.99 Å². The number of hydrogen-bond donors (Lipinski definition) is 2. The van der Waals surface area contributed by atoms with Crippen LogP contribution in [0, 0.1) is 0 Å². The van der Waals surface area contributed by atoms with E-state index in [1.54, 1.807) is 0 Å². The van der Waals surface area contributed by atoms with Gasteiger partial charge < -0.3 is 16.0 Å². The molecule has 132 valence electrons. The van der Waals surface area contributed by atoms with Crippen LogP contribution in [0.2, 0.25) is 0 Å². The number of piperazine rings is 1. The van der Waals surface area contributed by atoms with Crippen molar-refractivity contribution >= 4 is 23.6 Å². The summed E-state index contributed by atoms with van der Waals surface area (Å²) in [5.41, 5.74) is 6.87. The van der Waals surface area contributed by atoms with Gasteiger partial charge in [0.15, 0.2) is 0 Å². The zero-order chi connectivity index (χ0) is 17.8. The predicted octanol–water partition coefficient (Wildman–Crippen LogP) is 2.37. The molecule has 2 atom stereocenters. The lowest BCUT2D eigenvalue weighted by Crippen LogP contribution is -2.49. The lowest BCUT2D eigenvalue weighted by atomic mass is 10.0.